The minimum absolute atomic E-state index is 0.330. The van der Waals surface area contributed by atoms with Gasteiger partial charge in [-0.25, -0.2) is 0 Å². The van der Waals surface area contributed by atoms with E-state index in [4.69, 9.17) is 14.6 Å². The van der Waals surface area contributed by atoms with E-state index in [0.29, 0.717) is 6.61 Å². The molecule has 0 amide bonds. The van der Waals surface area contributed by atoms with Gasteiger partial charge in [-0.1, -0.05) is 19.8 Å². The van der Waals surface area contributed by atoms with Gasteiger partial charge in [-0.05, 0) is 6.42 Å². The molecule has 6 nitrogen and oxygen atoms in total. The number of unbranched alkanes of at least 4 members (excludes halogenated alkanes) is 2. The van der Waals surface area contributed by atoms with Gasteiger partial charge in [0.15, 0.2) is 0 Å². The number of hydrogen-bond donors (Lipinski definition) is 4. The molecule has 1 heterocycles. The van der Waals surface area contributed by atoms with Gasteiger partial charge in [0.2, 0.25) is 5.79 Å². The highest BCUT2D eigenvalue weighted by atomic mass is 16.7. The van der Waals surface area contributed by atoms with E-state index in [1.54, 1.807) is 0 Å². The highest BCUT2D eigenvalue weighted by Gasteiger charge is 2.54. The van der Waals surface area contributed by atoms with Crippen LogP contribution in [0.15, 0.2) is 0 Å². The van der Waals surface area contributed by atoms with Crippen LogP contribution in [0.2, 0.25) is 0 Å². The summed E-state index contributed by atoms with van der Waals surface area (Å²) in [6, 6.07) is 0. The standard InChI is InChI=1S/C11H22O6/c1-2-3-4-5-16-11(7-13)10(15)9(14)8(6-12)17-11/h8-10,12-15H,2-7H2,1H3/t8-,9-,10+,11-/m1/s1. The van der Waals surface area contributed by atoms with Crippen molar-refractivity contribution >= 4 is 0 Å². The number of aliphatic hydroxyl groups is 4. The van der Waals surface area contributed by atoms with E-state index in [2.05, 4.69) is 0 Å². The van der Waals surface area contributed by atoms with Gasteiger partial charge in [0.1, 0.15) is 24.9 Å². The molecule has 1 aliphatic heterocycles. The molecule has 102 valence electrons. The predicted molar refractivity (Wildman–Crippen MR) is 59.3 cm³/mol. The minimum Gasteiger partial charge on any atom is -0.394 e. The molecule has 17 heavy (non-hydrogen) atoms. The largest absolute Gasteiger partial charge is 0.394 e. The Bertz CT molecular complexity index is 224. The summed E-state index contributed by atoms with van der Waals surface area (Å²) in [4.78, 5) is 0. The lowest BCUT2D eigenvalue weighted by Gasteiger charge is -2.30. The second-order valence-corrected chi connectivity index (χ2v) is 4.30. The first-order valence-electron chi connectivity index (χ1n) is 6.01. The number of rotatable bonds is 7. The third-order valence-corrected chi connectivity index (χ3v) is 3.00. The van der Waals surface area contributed by atoms with Gasteiger partial charge in [-0.2, -0.15) is 0 Å². The first-order chi connectivity index (χ1) is 8.11. The lowest BCUT2D eigenvalue weighted by Crippen LogP contribution is -2.48. The Morgan fingerprint density at radius 1 is 1.24 bits per heavy atom. The SMILES string of the molecule is CCCCCO[C@]1(CO)O[C@H](CO)[C@@H](O)[C@@H]1O. The summed E-state index contributed by atoms with van der Waals surface area (Å²) in [5, 5.41) is 37.6. The Hall–Kier alpha value is -0.240. The molecular formula is C11H22O6. The van der Waals surface area contributed by atoms with Crippen LogP contribution in [0.5, 0.6) is 0 Å². The van der Waals surface area contributed by atoms with E-state index >= 15 is 0 Å². The third-order valence-electron chi connectivity index (χ3n) is 3.00. The molecule has 0 aromatic carbocycles. The van der Waals surface area contributed by atoms with E-state index in [-0.39, 0.29) is 0 Å². The van der Waals surface area contributed by atoms with Crippen molar-refractivity contribution in [1.82, 2.24) is 0 Å². The van der Waals surface area contributed by atoms with E-state index in [9.17, 15) is 15.3 Å². The molecule has 1 fully saturated rings. The monoisotopic (exact) mass is 250 g/mol. The quantitative estimate of drug-likeness (QED) is 0.432. The lowest BCUT2D eigenvalue weighted by molar-refractivity contribution is -0.276. The molecule has 0 aromatic rings. The number of aliphatic hydroxyl groups excluding tert-OH is 4. The van der Waals surface area contributed by atoms with E-state index in [0.717, 1.165) is 19.3 Å². The summed E-state index contributed by atoms with van der Waals surface area (Å²) < 4.78 is 10.6. The Morgan fingerprint density at radius 2 is 1.94 bits per heavy atom. The van der Waals surface area contributed by atoms with E-state index < -0.39 is 37.3 Å². The molecule has 4 atom stereocenters. The third kappa shape index (κ3) is 3.15. The highest BCUT2D eigenvalue weighted by molar-refractivity contribution is 4.96. The molecule has 1 aliphatic rings. The molecule has 4 N–H and O–H groups in total. The Kier molecular flexibility index (Phi) is 5.78. The van der Waals surface area contributed by atoms with Gasteiger partial charge in [-0.3, -0.25) is 0 Å². The van der Waals surface area contributed by atoms with Crippen LogP contribution in [0.4, 0.5) is 0 Å². The van der Waals surface area contributed by atoms with Crippen molar-refractivity contribution < 1.29 is 29.9 Å². The maximum Gasteiger partial charge on any atom is 0.221 e. The van der Waals surface area contributed by atoms with Crippen LogP contribution in [-0.2, 0) is 9.47 Å². The number of hydrogen-bond acceptors (Lipinski definition) is 6. The Labute approximate surface area is 101 Å². The Balaban J connectivity index is 2.56. The van der Waals surface area contributed by atoms with Gasteiger partial charge < -0.3 is 29.9 Å². The average Bonchev–Trinajstić information content (AvgIpc) is 2.60. The lowest BCUT2D eigenvalue weighted by atomic mass is 10.1. The van der Waals surface area contributed by atoms with Crippen LogP contribution in [0.25, 0.3) is 0 Å². The fourth-order valence-corrected chi connectivity index (χ4v) is 1.90. The second-order valence-electron chi connectivity index (χ2n) is 4.30. The Morgan fingerprint density at radius 3 is 2.41 bits per heavy atom. The first-order valence-corrected chi connectivity index (χ1v) is 6.01. The van der Waals surface area contributed by atoms with Gasteiger partial charge in [-0.15, -0.1) is 0 Å². The maximum absolute atomic E-state index is 9.79. The summed E-state index contributed by atoms with van der Waals surface area (Å²) >= 11 is 0. The van der Waals surface area contributed by atoms with Gasteiger partial charge >= 0.3 is 0 Å². The van der Waals surface area contributed by atoms with Crippen molar-refractivity contribution in [2.75, 3.05) is 19.8 Å². The van der Waals surface area contributed by atoms with Crippen LogP contribution >= 0.6 is 0 Å². The summed E-state index contributed by atoms with van der Waals surface area (Å²) in [7, 11) is 0. The molecule has 0 unspecified atom stereocenters. The van der Waals surface area contributed by atoms with Crippen LogP contribution in [-0.4, -0.2) is 64.3 Å². The van der Waals surface area contributed by atoms with Crippen LogP contribution in [0.3, 0.4) is 0 Å². The van der Waals surface area contributed by atoms with Crippen molar-refractivity contribution in [2.24, 2.45) is 0 Å². The molecule has 1 saturated heterocycles. The van der Waals surface area contributed by atoms with Crippen molar-refractivity contribution in [1.29, 1.82) is 0 Å². The predicted octanol–water partition coefficient (Wildman–Crippen LogP) is -1.01. The van der Waals surface area contributed by atoms with Gasteiger partial charge in [0, 0.05) is 0 Å². The molecule has 0 saturated carbocycles. The fourth-order valence-electron chi connectivity index (χ4n) is 1.90. The zero-order valence-corrected chi connectivity index (χ0v) is 10.1. The van der Waals surface area contributed by atoms with E-state index in [1.807, 2.05) is 6.92 Å². The molecule has 0 aromatic heterocycles. The average molecular weight is 250 g/mol. The van der Waals surface area contributed by atoms with Crippen LogP contribution in [0.1, 0.15) is 26.2 Å². The summed E-state index contributed by atoms with van der Waals surface area (Å²) in [5.74, 6) is -1.61. The molecule has 6 heteroatoms. The molecule has 0 aliphatic carbocycles. The summed E-state index contributed by atoms with van der Waals surface area (Å²) in [6.07, 6.45) is -0.744. The maximum atomic E-state index is 9.79. The van der Waals surface area contributed by atoms with Crippen molar-refractivity contribution in [3.63, 3.8) is 0 Å². The fraction of sp³-hybridized carbons (Fsp3) is 1.00. The minimum atomic E-state index is -1.61. The second kappa shape index (κ2) is 6.63. The van der Waals surface area contributed by atoms with Crippen molar-refractivity contribution in [2.45, 2.75) is 50.3 Å². The summed E-state index contributed by atoms with van der Waals surface area (Å²) in [6.45, 7) is 1.39. The van der Waals surface area contributed by atoms with E-state index in [1.165, 1.54) is 0 Å². The number of ether oxygens (including phenoxy) is 2. The van der Waals surface area contributed by atoms with Gasteiger partial charge in [0.25, 0.3) is 0 Å². The topological polar surface area (TPSA) is 99.4 Å². The van der Waals surface area contributed by atoms with Crippen molar-refractivity contribution in [3.8, 4) is 0 Å². The highest BCUT2D eigenvalue weighted by Crippen LogP contribution is 2.32. The van der Waals surface area contributed by atoms with Crippen LogP contribution < -0.4 is 0 Å². The molecular weight excluding hydrogens is 228 g/mol. The van der Waals surface area contributed by atoms with Gasteiger partial charge in [0.05, 0.1) is 13.2 Å². The zero-order valence-electron chi connectivity index (χ0n) is 10.1. The first kappa shape index (κ1) is 14.8. The normalized spacial score (nSPS) is 37.6. The molecule has 0 bridgehead atoms. The van der Waals surface area contributed by atoms with Crippen molar-refractivity contribution in [3.05, 3.63) is 0 Å². The summed E-state index contributed by atoms with van der Waals surface area (Å²) in [5.41, 5.74) is 0. The van der Waals surface area contributed by atoms with Crippen LogP contribution in [0, 0.1) is 0 Å². The smallest absolute Gasteiger partial charge is 0.221 e. The molecule has 1 rings (SSSR count). The molecule has 0 radical (unpaired) electrons. The molecule has 0 spiro atoms. The zero-order chi connectivity index (χ0) is 12.9.